The van der Waals surface area contributed by atoms with Crippen LogP contribution in [-0.4, -0.2) is 16.2 Å². The topological polar surface area (TPSA) is 40.7 Å². The third-order valence-electron chi connectivity index (χ3n) is 3.73. The molecule has 3 nitrogen and oxygen atoms in total. The summed E-state index contributed by atoms with van der Waals surface area (Å²) in [5.74, 6) is 1.51. The molecule has 2 aromatic rings. The number of benzene rings is 1. The summed E-state index contributed by atoms with van der Waals surface area (Å²) in [5, 5.41) is 10.9. The molecule has 1 heterocycles. The van der Waals surface area contributed by atoms with Gasteiger partial charge < -0.3 is 5.32 Å². The number of aromatic amines is 1. The zero-order chi connectivity index (χ0) is 13.4. The number of nitrogens with zero attached hydrogens (tertiary/aromatic N) is 1. The summed E-state index contributed by atoms with van der Waals surface area (Å²) in [6.07, 6.45) is 2.54. The van der Waals surface area contributed by atoms with Gasteiger partial charge in [0.1, 0.15) is 5.82 Å². The minimum atomic E-state index is 0.548. The first kappa shape index (κ1) is 12.3. The number of aromatic nitrogens is 2. The Morgan fingerprint density at radius 2 is 2.05 bits per heavy atom. The summed E-state index contributed by atoms with van der Waals surface area (Å²) in [4.78, 5) is 0. The number of rotatable bonds is 4. The zero-order valence-corrected chi connectivity index (χ0v) is 11.8. The first-order valence-electron chi connectivity index (χ1n) is 7.06. The Labute approximate surface area is 114 Å². The molecule has 0 atom stereocenters. The molecule has 0 saturated heterocycles. The van der Waals surface area contributed by atoms with Gasteiger partial charge in [-0.15, -0.1) is 0 Å². The number of nitrogens with one attached hydrogen (secondary N) is 2. The average Bonchev–Trinajstić information content (AvgIpc) is 3.06. The van der Waals surface area contributed by atoms with Crippen LogP contribution in [0.4, 0.5) is 5.82 Å². The van der Waals surface area contributed by atoms with Crippen LogP contribution in [0.1, 0.15) is 43.7 Å². The molecule has 1 fully saturated rings. The van der Waals surface area contributed by atoms with Crippen LogP contribution in [0.15, 0.2) is 24.3 Å². The van der Waals surface area contributed by atoms with Crippen LogP contribution in [-0.2, 0) is 0 Å². The van der Waals surface area contributed by atoms with Crippen LogP contribution in [0.25, 0.3) is 11.3 Å². The lowest BCUT2D eigenvalue weighted by Gasteiger charge is -2.09. The van der Waals surface area contributed by atoms with Gasteiger partial charge in [0.15, 0.2) is 0 Å². The Hall–Kier alpha value is -1.77. The van der Waals surface area contributed by atoms with Gasteiger partial charge in [-0.2, -0.15) is 5.10 Å². The quantitative estimate of drug-likeness (QED) is 0.864. The van der Waals surface area contributed by atoms with Gasteiger partial charge in [0.2, 0.25) is 0 Å². The largest absolute Gasteiger partial charge is 0.366 e. The molecule has 1 saturated carbocycles. The number of hydrogen-bond acceptors (Lipinski definition) is 2. The fourth-order valence-corrected chi connectivity index (χ4v) is 2.26. The SMILES string of the molecule is Cc1ccc(C(C)C)cc1-c1cc(NC2CC2)n[nH]1. The van der Waals surface area contributed by atoms with Crippen molar-refractivity contribution in [2.45, 2.75) is 45.6 Å². The van der Waals surface area contributed by atoms with Crippen molar-refractivity contribution in [3.8, 4) is 11.3 Å². The lowest BCUT2D eigenvalue weighted by atomic mass is 9.96. The molecule has 3 rings (SSSR count). The molecule has 1 aliphatic carbocycles. The summed E-state index contributed by atoms with van der Waals surface area (Å²) in [5.41, 5.74) is 5.00. The Morgan fingerprint density at radius 1 is 1.26 bits per heavy atom. The fraction of sp³-hybridized carbons (Fsp3) is 0.438. The highest BCUT2D eigenvalue weighted by atomic mass is 15.2. The highest BCUT2D eigenvalue weighted by Gasteiger charge is 2.22. The third-order valence-corrected chi connectivity index (χ3v) is 3.73. The summed E-state index contributed by atoms with van der Waals surface area (Å²) in [6, 6.07) is 9.43. The summed E-state index contributed by atoms with van der Waals surface area (Å²) in [7, 11) is 0. The van der Waals surface area contributed by atoms with Crippen LogP contribution < -0.4 is 5.32 Å². The van der Waals surface area contributed by atoms with Crippen LogP contribution in [0, 0.1) is 6.92 Å². The molecule has 0 amide bonds. The monoisotopic (exact) mass is 255 g/mol. The maximum atomic E-state index is 4.35. The second kappa shape index (κ2) is 4.72. The molecule has 19 heavy (non-hydrogen) atoms. The Morgan fingerprint density at radius 3 is 2.74 bits per heavy atom. The number of anilines is 1. The van der Waals surface area contributed by atoms with Crippen molar-refractivity contribution >= 4 is 5.82 Å². The molecule has 1 aromatic heterocycles. The van der Waals surface area contributed by atoms with E-state index in [9.17, 15) is 0 Å². The minimum absolute atomic E-state index is 0.548. The van der Waals surface area contributed by atoms with E-state index in [1.807, 2.05) is 0 Å². The van der Waals surface area contributed by atoms with Crippen molar-refractivity contribution in [3.05, 3.63) is 35.4 Å². The predicted molar refractivity (Wildman–Crippen MR) is 79.5 cm³/mol. The number of aryl methyl sites for hydroxylation is 1. The summed E-state index contributed by atoms with van der Waals surface area (Å²) < 4.78 is 0. The summed E-state index contributed by atoms with van der Waals surface area (Å²) >= 11 is 0. The Bertz CT molecular complexity index is 579. The minimum Gasteiger partial charge on any atom is -0.366 e. The van der Waals surface area contributed by atoms with Crippen molar-refractivity contribution in [2.24, 2.45) is 0 Å². The van der Waals surface area contributed by atoms with Gasteiger partial charge in [-0.25, -0.2) is 0 Å². The van der Waals surface area contributed by atoms with E-state index < -0.39 is 0 Å². The Balaban J connectivity index is 1.91. The molecule has 2 N–H and O–H groups in total. The molecular weight excluding hydrogens is 234 g/mol. The van der Waals surface area contributed by atoms with E-state index in [-0.39, 0.29) is 0 Å². The van der Waals surface area contributed by atoms with Crippen LogP contribution in [0.5, 0.6) is 0 Å². The van der Waals surface area contributed by atoms with E-state index in [1.54, 1.807) is 0 Å². The van der Waals surface area contributed by atoms with Crippen molar-refractivity contribution in [3.63, 3.8) is 0 Å². The fourth-order valence-electron chi connectivity index (χ4n) is 2.26. The van der Waals surface area contributed by atoms with Gasteiger partial charge in [0, 0.05) is 17.7 Å². The number of hydrogen-bond donors (Lipinski definition) is 2. The molecule has 1 aliphatic rings. The normalized spacial score (nSPS) is 14.9. The van der Waals surface area contributed by atoms with Crippen molar-refractivity contribution < 1.29 is 0 Å². The lowest BCUT2D eigenvalue weighted by molar-refractivity contribution is 0.866. The van der Waals surface area contributed by atoms with Crippen LogP contribution in [0.3, 0.4) is 0 Å². The lowest BCUT2D eigenvalue weighted by Crippen LogP contribution is -2.00. The van der Waals surface area contributed by atoms with Gasteiger partial charge >= 0.3 is 0 Å². The predicted octanol–water partition coefficient (Wildman–Crippen LogP) is 4.08. The molecule has 0 unspecified atom stereocenters. The van der Waals surface area contributed by atoms with E-state index in [1.165, 1.54) is 29.5 Å². The number of H-pyrrole nitrogens is 1. The van der Waals surface area contributed by atoms with E-state index >= 15 is 0 Å². The smallest absolute Gasteiger partial charge is 0.148 e. The van der Waals surface area contributed by atoms with Gasteiger partial charge in [-0.05, 0) is 42.9 Å². The molecular formula is C16H21N3. The maximum absolute atomic E-state index is 4.35. The van der Waals surface area contributed by atoms with E-state index in [4.69, 9.17) is 0 Å². The van der Waals surface area contributed by atoms with E-state index in [0.29, 0.717) is 12.0 Å². The molecule has 0 spiro atoms. The zero-order valence-electron chi connectivity index (χ0n) is 11.8. The molecule has 0 bridgehead atoms. The Kier molecular flexibility index (Phi) is 3.05. The molecule has 0 aliphatic heterocycles. The first-order chi connectivity index (χ1) is 9.13. The molecule has 100 valence electrons. The standard InChI is InChI=1S/C16H21N3/c1-10(2)12-5-4-11(3)14(8-12)15-9-16(19-18-15)17-13-6-7-13/h4-5,8-10,13H,6-7H2,1-3H3,(H2,17,18,19). The van der Waals surface area contributed by atoms with Gasteiger partial charge in [0.25, 0.3) is 0 Å². The van der Waals surface area contributed by atoms with Gasteiger partial charge in [-0.3, -0.25) is 5.10 Å². The maximum Gasteiger partial charge on any atom is 0.148 e. The highest BCUT2D eigenvalue weighted by molar-refractivity contribution is 5.67. The first-order valence-corrected chi connectivity index (χ1v) is 7.06. The van der Waals surface area contributed by atoms with Crippen molar-refractivity contribution in [1.29, 1.82) is 0 Å². The molecule has 0 radical (unpaired) electrons. The van der Waals surface area contributed by atoms with Crippen molar-refractivity contribution in [2.75, 3.05) is 5.32 Å². The van der Waals surface area contributed by atoms with E-state index in [0.717, 1.165) is 11.5 Å². The summed E-state index contributed by atoms with van der Waals surface area (Å²) in [6.45, 7) is 6.59. The van der Waals surface area contributed by atoms with Crippen molar-refractivity contribution in [1.82, 2.24) is 10.2 Å². The van der Waals surface area contributed by atoms with Gasteiger partial charge in [0.05, 0.1) is 5.69 Å². The average molecular weight is 255 g/mol. The second-order valence-electron chi connectivity index (χ2n) is 5.81. The van der Waals surface area contributed by atoms with E-state index in [2.05, 4.69) is 60.6 Å². The molecule has 1 aromatic carbocycles. The third kappa shape index (κ3) is 2.65. The van der Waals surface area contributed by atoms with Crippen LogP contribution >= 0.6 is 0 Å². The highest BCUT2D eigenvalue weighted by Crippen LogP contribution is 2.29. The molecule has 3 heteroatoms. The second-order valence-corrected chi connectivity index (χ2v) is 5.81. The van der Waals surface area contributed by atoms with Gasteiger partial charge in [-0.1, -0.05) is 26.0 Å². The van der Waals surface area contributed by atoms with Crippen LogP contribution in [0.2, 0.25) is 0 Å².